The average molecular weight is 406 g/mol. The molecule has 0 aliphatic carbocycles. The van der Waals surface area contributed by atoms with Crippen molar-refractivity contribution in [1.82, 2.24) is 0 Å². The summed E-state index contributed by atoms with van der Waals surface area (Å²) in [5.74, 6) is 0.578. The lowest BCUT2D eigenvalue weighted by molar-refractivity contribution is 0.0740. The predicted molar refractivity (Wildman–Crippen MR) is 112 cm³/mol. The van der Waals surface area contributed by atoms with Crippen LogP contribution < -0.4 is 14.9 Å². The molecule has 0 spiro atoms. The second kappa shape index (κ2) is 7.56. The van der Waals surface area contributed by atoms with Gasteiger partial charge in [0.1, 0.15) is 28.2 Å². The minimum Gasteiger partial charge on any atom is -0.460 e. The Balaban J connectivity index is 1.65. The van der Waals surface area contributed by atoms with Gasteiger partial charge in [0.2, 0.25) is 11.2 Å². The molecule has 0 amide bonds. The lowest BCUT2D eigenvalue weighted by atomic mass is 10.1. The Morgan fingerprint density at radius 3 is 2.62 bits per heavy atom. The van der Waals surface area contributed by atoms with Crippen molar-refractivity contribution in [2.24, 2.45) is 0 Å². The van der Waals surface area contributed by atoms with Crippen LogP contribution in [0.3, 0.4) is 0 Å². The van der Waals surface area contributed by atoms with Crippen molar-refractivity contribution in [2.45, 2.75) is 20.8 Å². The Hall–Kier alpha value is -3.38. The van der Waals surface area contributed by atoms with Crippen LogP contribution in [0, 0.1) is 20.8 Å². The van der Waals surface area contributed by atoms with Gasteiger partial charge in [-0.1, -0.05) is 12.1 Å². The number of fused-ring (bicyclic) bond motifs is 1. The fraction of sp³-hybridized carbons (Fsp3) is 0.130. The van der Waals surface area contributed by atoms with Crippen molar-refractivity contribution in [3.63, 3.8) is 0 Å². The lowest BCUT2D eigenvalue weighted by Crippen LogP contribution is -2.08. The fourth-order valence-corrected chi connectivity index (χ4v) is 3.60. The van der Waals surface area contributed by atoms with Crippen molar-refractivity contribution >= 4 is 28.3 Å². The number of hydrogen-bond donors (Lipinski definition) is 0. The number of esters is 1. The summed E-state index contributed by atoms with van der Waals surface area (Å²) < 4.78 is 16.8. The summed E-state index contributed by atoms with van der Waals surface area (Å²) in [7, 11) is 0. The van der Waals surface area contributed by atoms with Crippen LogP contribution in [0.25, 0.3) is 11.0 Å². The summed E-state index contributed by atoms with van der Waals surface area (Å²) in [5, 5.41) is 2.15. The first-order chi connectivity index (χ1) is 13.9. The molecule has 0 saturated heterocycles. The molecule has 29 heavy (non-hydrogen) atoms. The van der Waals surface area contributed by atoms with Gasteiger partial charge >= 0.3 is 5.97 Å². The summed E-state index contributed by atoms with van der Waals surface area (Å²) in [6.07, 6.45) is 1.28. The number of thiophene rings is 1. The molecule has 6 heteroatoms. The van der Waals surface area contributed by atoms with Crippen LogP contribution in [0.4, 0.5) is 0 Å². The molecule has 2 heterocycles. The third-order valence-electron chi connectivity index (χ3n) is 4.63. The third-order valence-corrected chi connectivity index (χ3v) is 5.48. The quantitative estimate of drug-likeness (QED) is 0.317. The van der Waals surface area contributed by atoms with Crippen LogP contribution in [0.5, 0.6) is 17.2 Å². The second-order valence-electron chi connectivity index (χ2n) is 6.76. The number of hydrogen-bond acceptors (Lipinski definition) is 6. The van der Waals surface area contributed by atoms with E-state index < -0.39 is 5.97 Å². The molecule has 0 aliphatic heterocycles. The highest BCUT2D eigenvalue weighted by Crippen LogP contribution is 2.29. The van der Waals surface area contributed by atoms with E-state index in [-0.39, 0.29) is 11.2 Å². The van der Waals surface area contributed by atoms with Crippen LogP contribution in [0.15, 0.2) is 63.3 Å². The minimum atomic E-state index is -0.452. The van der Waals surface area contributed by atoms with E-state index in [2.05, 4.69) is 6.07 Å². The Morgan fingerprint density at radius 1 is 1.03 bits per heavy atom. The first-order valence-corrected chi connectivity index (χ1v) is 9.87. The summed E-state index contributed by atoms with van der Waals surface area (Å²) >= 11 is 1.30. The zero-order chi connectivity index (χ0) is 20.5. The second-order valence-corrected chi connectivity index (χ2v) is 7.71. The molecule has 0 atom stereocenters. The number of rotatable bonds is 4. The number of benzene rings is 2. The van der Waals surface area contributed by atoms with E-state index >= 15 is 0 Å². The maximum Gasteiger partial charge on any atom is 0.353 e. The first kappa shape index (κ1) is 19.0. The maximum atomic E-state index is 12.8. The number of carbonyl (C=O) groups is 1. The summed E-state index contributed by atoms with van der Waals surface area (Å²) in [6.45, 7) is 5.92. The molecule has 0 aliphatic rings. The van der Waals surface area contributed by atoms with Crippen molar-refractivity contribution in [2.75, 3.05) is 0 Å². The predicted octanol–water partition coefficient (Wildman–Crippen LogP) is 5.79. The van der Waals surface area contributed by atoms with Crippen molar-refractivity contribution < 1.29 is 18.7 Å². The fourth-order valence-electron chi connectivity index (χ4n) is 3.00. The topological polar surface area (TPSA) is 65.7 Å². The molecule has 146 valence electrons. The van der Waals surface area contributed by atoms with Crippen LogP contribution in [0.2, 0.25) is 0 Å². The lowest BCUT2D eigenvalue weighted by Gasteiger charge is -2.12. The van der Waals surface area contributed by atoms with Gasteiger partial charge in [0.05, 0.1) is 5.39 Å². The summed E-state index contributed by atoms with van der Waals surface area (Å²) in [6, 6.07) is 12.1. The Labute approximate surface area is 171 Å². The first-order valence-electron chi connectivity index (χ1n) is 8.99. The van der Waals surface area contributed by atoms with E-state index in [4.69, 9.17) is 13.9 Å². The zero-order valence-electron chi connectivity index (χ0n) is 16.1. The zero-order valence-corrected chi connectivity index (χ0v) is 17.0. The smallest absolute Gasteiger partial charge is 0.353 e. The molecular formula is C23H18O5S. The van der Waals surface area contributed by atoms with Gasteiger partial charge < -0.3 is 13.9 Å². The highest BCUT2D eigenvalue weighted by atomic mass is 32.1. The molecule has 0 radical (unpaired) electrons. The molecule has 0 saturated carbocycles. The highest BCUT2D eigenvalue weighted by molar-refractivity contribution is 7.12. The molecule has 0 N–H and O–H groups in total. The molecule has 4 aromatic rings. The van der Waals surface area contributed by atoms with Crippen LogP contribution >= 0.6 is 11.3 Å². The van der Waals surface area contributed by atoms with E-state index in [9.17, 15) is 9.59 Å². The Kier molecular flexibility index (Phi) is 4.94. The normalized spacial score (nSPS) is 10.9. The Bertz CT molecular complexity index is 1270. The average Bonchev–Trinajstić information content (AvgIpc) is 3.23. The molecule has 0 fully saturated rings. The van der Waals surface area contributed by atoms with Crippen LogP contribution in [0.1, 0.15) is 26.4 Å². The Morgan fingerprint density at radius 2 is 1.86 bits per heavy atom. The van der Waals surface area contributed by atoms with Gasteiger partial charge in [0.25, 0.3) is 0 Å². The molecular weight excluding hydrogens is 388 g/mol. The molecule has 0 bridgehead atoms. The largest absolute Gasteiger partial charge is 0.460 e. The van der Waals surface area contributed by atoms with Crippen LogP contribution in [-0.4, -0.2) is 5.97 Å². The number of carbonyl (C=O) groups excluding carboxylic acids is 1. The van der Waals surface area contributed by atoms with Gasteiger partial charge in [-0.2, -0.15) is 0 Å². The van der Waals surface area contributed by atoms with Gasteiger partial charge in [0.15, 0.2) is 0 Å². The number of aryl methyl sites for hydroxylation is 2. The van der Waals surface area contributed by atoms with Crippen molar-refractivity contribution in [3.05, 3.63) is 85.9 Å². The van der Waals surface area contributed by atoms with E-state index in [1.165, 1.54) is 23.7 Å². The van der Waals surface area contributed by atoms with E-state index in [1.54, 1.807) is 29.6 Å². The van der Waals surface area contributed by atoms with Crippen LogP contribution in [-0.2, 0) is 0 Å². The SMILES string of the molecule is Cc1cc(C)c(C)c(Oc2coc3cc(OC(=O)c4cccs4)ccc3c2=O)c1. The maximum absolute atomic E-state index is 12.8. The monoisotopic (exact) mass is 406 g/mol. The molecule has 0 unspecified atom stereocenters. The highest BCUT2D eigenvalue weighted by Gasteiger charge is 2.14. The van der Waals surface area contributed by atoms with Gasteiger partial charge in [0, 0.05) is 6.07 Å². The van der Waals surface area contributed by atoms with Gasteiger partial charge in [-0.25, -0.2) is 4.79 Å². The van der Waals surface area contributed by atoms with E-state index in [0.29, 0.717) is 27.3 Å². The van der Waals surface area contributed by atoms with Gasteiger partial charge in [-0.3, -0.25) is 4.79 Å². The molecule has 2 aromatic carbocycles. The number of ether oxygens (including phenoxy) is 2. The standard InChI is InChI=1S/C23H18O5S/c1-13-9-14(2)15(3)18(10-13)28-20-12-26-19-11-16(6-7-17(19)22(20)24)27-23(25)21-5-4-8-29-21/h4-12H,1-3H3. The van der Waals surface area contributed by atoms with E-state index in [0.717, 1.165) is 16.7 Å². The minimum absolute atomic E-state index is 0.105. The van der Waals surface area contributed by atoms with Crippen molar-refractivity contribution in [1.29, 1.82) is 0 Å². The van der Waals surface area contributed by atoms with Gasteiger partial charge in [-0.15, -0.1) is 11.3 Å². The summed E-state index contributed by atoms with van der Waals surface area (Å²) in [4.78, 5) is 25.4. The van der Waals surface area contributed by atoms with Crippen molar-refractivity contribution in [3.8, 4) is 17.2 Å². The van der Waals surface area contributed by atoms with Gasteiger partial charge in [-0.05, 0) is 67.1 Å². The molecule has 4 rings (SSSR count). The summed E-state index contributed by atoms with van der Waals surface area (Å²) in [5.41, 5.74) is 3.12. The third kappa shape index (κ3) is 3.79. The molecule has 2 aromatic heterocycles. The molecule has 5 nitrogen and oxygen atoms in total. The van der Waals surface area contributed by atoms with E-state index in [1.807, 2.05) is 26.8 Å².